The second kappa shape index (κ2) is 5.91. The lowest BCUT2D eigenvalue weighted by Crippen LogP contribution is -2.28. The van der Waals surface area contributed by atoms with E-state index >= 15 is 0 Å². The van der Waals surface area contributed by atoms with E-state index in [4.69, 9.17) is 11.6 Å². The van der Waals surface area contributed by atoms with Crippen molar-refractivity contribution in [1.29, 1.82) is 0 Å². The van der Waals surface area contributed by atoms with Gasteiger partial charge in [-0.05, 0) is 24.8 Å². The van der Waals surface area contributed by atoms with Crippen molar-refractivity contribution >= 4 is 28.7 Å². The first-order valence-corrected chi connectivity index (χ1v) is 8.38. The van der Waals surface area contributed by atoms with Gasteiger partial charge in [0.25, 0.3) is 5.91 Å². The third kappa shape index (κ3) is 2.76. The number of amides is 1. The monoisotopic (exact) mass is 340 g/mol. The number of halogens is 1. The van der Waals surface area contributed by atoms with Gasteiger partial charge >= 0.3 is 0 Å². The number of aromatic nitrogens is 3. The van der Waals surface area contributed by atoms with Gasteiger partial charge in [0.1, 0.15) is 0 Å². The van der Waals surface area contributed by atoms with E-state index in [1.807, 2.05) is 43.4 Å². The predicted molar refractivity (Wildman–Crippen MR) is 94.0 cm³/mol. The van der Waals surface area contributed by atoms with Crippen LogP contribution in [0.25, 0.3) is 22.4 Å². The highest BCUT2D eigenvalue weighted by molar-refractivity contribution is 6.33. The van der Waals surface area contributed by atoms with Gasteiger partial charge in [-0.1, -0.05) is 41.9 Å². The smallest absolute Gasteiger partial charge is 0.287 e. The lowest BCUT2D eigenvalue weighted by molar-refractivity contribution is 0.0939. The molecule has 5 nitrogen and oxygen atoms in total. The topological polar surface area (TPSA) is 59.8 Å². The minimum Gasteiger partial charge on any atom is -0.349 e. The zero-order valence-electron chi connectivity index (χ0n) is 13.3. The molecule has 6 heteroatoms. The molecule has 1 aliphatic rings. The molecule has 2 aromatic heterocycles. The van der Waals surface area contributed by atoms with Crippen LogP contribution in [0.3, 0.4) is 0 Å². The molecule has 0 saturated heterocycles. The Morgan fingerprint density at radius 1 is 1.29 bits per heavy atom. The molecule has 0 radical (unpaired) electrons. The van der Waals surface area contributed by atoms with Crippen molar-refractivity contribution < 1.29 is 4.79 Å². The van der Waals surface area contributed by atoms with Gasteiger partial charge < -0.3 is 9.88 Å². The number of aryl methyl sites for hydroxylation is 1. The first kappa shape index (κ1) is 15.1. The van der Waals surface area contributed by atoms with Crippen LogP contribution in [0.2, 0.25) is 5.02 Å². The van der Waals surface area contributed by atoms with Gasteiger partial charge in [0.2, 0.25) is 5.82 Å². The molecule has 1 N–H and O–H groups in total. The summed E-state index contributed by atoms with van der Waals surface area (Å²) >= 11 is 6.41. The van der Waals surface area contributed by atoms with E-state index < -0.39 is 0 Å². The molecule has 1 fully saturated rings. The van der Waals surface area contributed by atoms with Gasteiger partial charge in [-0.2, -0.15) is 0 Å². The molecule has 2 heterocycles. The average Bonchev–Trinajstić information content (AvgIpc) is 3.37. The number of fused-ring (bicyclic) bond motifs is 1. The Kier molecular flexibility index (Phi) is 3.73. The number of nitrogens with one attached hydrogen (secondary N) is 1. The Morgan fingerprint density at radius 2 is 2.04 bits per heavy atom. The summed E-state index contributed by atoms with van der Waals surface area (Å²) in [4.78, 5) is 21.3. The van der Waals surface area contributed by atoms with Gasteiger partial charge in [0.05, 0.1) is 16.2 Å². The summed E-state index contributed by atoms with van der Waals surface area (Å²) in [7, 11) is 1.81. The van der Waals surface area contributed by atoms with Crippen molar-refractivity contribution in [3.05, 3.63) is 47.2 Å². The summed E-state index contributed by atoms with van der Waals surface area (Å²) in [5, 5.41) is 3.48. The fourth-order valence-electron chi connectivity index (χ4n) is 2.73. The zero-order valence-corrected chi connectivity index (χ0v) is 14.0. The Morgan fingerprint density at radius 3 is 2.75 bits per heavy atom. The Hall–Kier alpha value is -2.40. The van der Waals surface area contributed by atoms with E-state index in [0.29, 0.717) is 34.7 Å². The van der Waals surface area contributed by atoms with E-state index in [2.05, 4.69) is 15.3 Å². The van der Waals surface area contributed by atoms with Gasteiger partial charge in [-0.3, -0.25) is 4.79 Å². The van der Waals surface area contributed by atoms with Gasteiger partial charge in [-0.25, -0.2) is 9.97 Å². The zero-order chi connectivity index (χ0) is 16.7. The van der Waals surface area contributed by atoms with Gasteiger partial charge in [0.15, 0.2) is 5.65 Å². The Balaban J connectivity index is 1.73. The van der Waals surface area contributed by atoms with E-state index in [1.54, 1.807) is 4.57 Å². The molecular weight excluding hydrogens is 324 g/mol. The minimum atomic E-state index is -0.167. The fraction of sp³-hybridized carbons (Fsp3) is 0.278. The lowest BCUT2D eigenvalue weighted by atomic mass is 10.1. The van der Waals surface area contributed by atoms with Crippen LogP contribution in [0, 0.1) is 5.92 Å². The van der Waals surface area contributed by atoms with Crippen molar-refractivity contribution in [2.75, 3.05) is 6.54 Å². The molecule has 122 valence electrons. The normalized spacial score (nSPS) is 14.1. The summed E-state index contributed by atoms with van der Waals surface area (Å²) in [6.45, 7) is 0.714. The number of hydrogen-bond donors (Lipinski definition) is 1. The van der Waals surface area contributed by atoms with Crippen LogP contribution < -0.4 is 5.32 Å². The maximum absolute atomic E-state index is 12.4. The molecule has 0 spiro atoms. The van der Waals surface area contributed by atoms with Gasteiger partial charge in [-0.15, -0.1) is 0 Å². The first-order chi connectivity index (χ1) is 11.6. The molecular formula is C18H17ClN4O. The van der Waals surface area contributed by atoms with Crippen LogP contribution in [0.1, 0.15) is 23.5 Å². The van der Waals surface area contributed by atoms with E-state index in [-0.39, 0.29) is 5.91 Å². The minimum absolute atomic E-state index is 0.167. The van der Waals surface area contributed by atoms with Crippen LogP contribution >= 0.6 is 11.6 Å². The molecule has 1 aliphatic carbocycles. The quantitative estimate of drug-likeness (QED) is 0.791. The van der Waals surface area contributed by atoms with Crippen molar-refractivity contribution in [2.45, 2.75) is 12.8 Å². The van der Waals surface area contributed by atoms with Crippen LogP contribution in [-0.4, -0.2) is 27.0 Å². The predicted octanol–water partition coefficient (Wildman–Crippen LogP) is 3.43. The number of carbonyl (C=O) groups is 1. The van der Waals surface area contributed by atoms with Crippen molar-refractivity contribution in [3.63, 3.8) is 0 Å². The molecule has 1 aromatic carbocycles. The molecule has 0 bridgehead atoms. The van der Waals surface area contributed by atoms with E-state index in [9.17, 15) is 4.79 Å². The molecule has 0 unspecified atom stereocenters. The molecule has 24 heavy (non-hydrogen) atoms. The van der Waals surface area contributed by atoms with Crippen molar-refractivity contribution in [1.82, 2.24) is 19.9 Å². The summed E-state index contributed by atoms with van der Waals surface area (Å²) < 4.78 is 1.74. The number of pyridine rings is 1. The first-order valence-electron chi connectivity index (χ1n) is 8.00. The number of nitrogens with zero attached hydrogens (tertiary/aromatic N) is 3. The Labute approximate surface area is 144 Å². The molecule has 0 atom stereocenters. The number of imidazole rings is 1. The second-order valence-corrected chi connectivity index (χ2v) is 6.58. The van der Waals surface area contributed by atoms with Crippen LogP contribution in [0.5, 0.6) is 0 Å². The lowest BCUT2D eigenvalue weighted by Gasteiger charge is -2.05. The average molecular weight is 341 g/mol. The largest absolute Gasteiger partial charge is 0.349 e. The second-order valence-electron chi connectivity index (χ2n) is 6.18. The highest BCUT2D eigenvalue weighted by Gasteiger charge is 2.24. The van der Waals surface area contributed by atoms with Crippen LogP contribution in [-0.2, 0) is 7.05 Å². The maximum Gasteiger partial charge on any atom is 0.287 e. The molecule has 1 amide bonds. The van der Waals surface area contributed by atoms with Crippen molar-refractivity contribution in [2.24, 2.45) is 13.0 Å². The van der Waals surface area contributed by atoms with E-state index in [1.165, 1.54) is 12.8 Å². The fourth-order valence-corrected chi connectivity index (χ4v) is 2.98. The summed E-state index contributed by atoms with van der Waals surface area (Å²) in [5.74, 6) is 0.820. The third-order valence-electron chi connectivity index (χ3n) is 4.33. The number of benzene rings is 1. The SMILES string of the molecule is Cn1c(C(=O)NCC2CC2)nc2nc(-c3ccccc3)c(Cl)cc21. The highest BCUT2D eigenvalue weighted by atomic mass is 35.5. The highest BCUT2D eigenvalue weighted by Crippen LogP contribution is 2.30. The maximum atomic E-state index is 12.4. The summed E-state index contributed by atoms with van der Waals surface area (Å²) in [6.07, 6.45) is 2.39. The van der Waals surface area contributed by atoms with Crippen LogP contribution in [0.4, 0.5) is 0 Å². The standard InChI is InChI=1S/C18H17ClN4O/c1-23-14-9-13(19)15(12-5-3-2-4-6-12)21-16(14)22-17(23)18(24)20-10-11-7-8-11/h2-6,9,11H,7-8,10H2,1H3,(H,20,24). The number of carbonyl (C=O) groups excluding carboxylic acids is 1. The number of hydrogen-bond acceptors (Lipinski definition) is 3. The third-order valence-corrected chi connectivity index (χ3v) is 4.61. The van der Waals surface area contributed by atoms with E-state index in [0.717, 1.165) is 11.1 Å². The molecule has 4 rings (SSSR count). The van der Waals surface area contributed by atoms with Gasteiger partial charge in [0, 0.05) is 19.2 Å². The molecule has 1 saturated carbocycles. The summed E-state index contributed by atoms with van der Waals surface area (Å²) in [5.41, 5.74) is 2.87. The van der Waals surface area contributed by atoms with Crippen molar-refractivity contribution in [3.8, 4) is 11.3 Å². The number of rotatable bonds is 4. The van der Waals surface area contributed by atoms with Crippen LogP contribution in [0.15, 0.2) is 36.4 Å². The summed E-state index contributed by atoms with van der Waals surface area (Å²) in [6, 6.07) is 11.5. The molecule has 3 aromatic rings. The Bertz CT molecular complexity index is 916. The molecule has 0 aliphatic heterocycles.